The number of carbonyl (C=O) groups is 5. The van der Waals surface area contributed by atoms with Crippen molar-refractivity contribution in [3.63, 3.8) is 0 Å². The average molecular weight is 926 g/mol. The number of carbonyl (C=O) groups excluding carboxylic acids is 2. The molecule has 1 aliphatic heterocycles. The number of aryl methyl sites for hydroxylation is 2. The molecule has 0 unspecified atom stereocenters. The molecule has 0 bridgehead atoms. The molecule has 1 atom stereocenters. The molecule has 1 saturated carbocycles. The summed E-state index contributed by atoms with van der Waals surface area (Å²) in [5, 5.41) is 38.8. The van der Waals surface area contributed by atoms with Gasteiger partial charge in [-0.2, -0.15) is 0 Å². The maximum Gasteiger partial charge on any atom is 0.317 e. The number of hydrogen-bond donors (Lipinski definition) is 4. The van der Waals surface area contributed by atoms with Crippen molar-refractivity contribution in [3.8, 4) is 11.6 Å². The first-order valence-electron chi connectivity index (χ1n) is 22.9. The van der Waals surface area contributed by atoms with E-state index in [1.54, 1.807) is 35.2 Å². The minimum absolute atomic E-state index is 0.0154. The van der Waals surface area contributed by atoms with E-state index in [4.69, 9.17) is 24.7 Å². The molecule has 4 aromatic rings. The topological polar surface area (TPSA) is 243 Å². The predicted octanol–water partition coefficient (Wildman–Crippen LogP) is 4.93. The molecule has 2 amide bonds. The summed E-state index contributed by atoms with van der Waals surface area (Å²) in [4.78, 5) is 75.7. The first-order chi connectivity index (χ1) is 32.0. The number of aromatic nitrogens is 5. The van der Waals surface area contributed by atoms with E-state index in [0.717, 1.165) is 42.6 Å². The number of carboxylic acid groups (broad SMARTS) is 3. The number of anilines is 2. The number of rotatable bonds is 26. The molecule has 2 aliphatic rings. The molecule has 2 fully saturated rings. The van der Waals surface area contributed by atoms with Crippen molar-refractivity contribution in [3.05, 3.63) is 83.4 Å². The van der Waals surface area contributed by atoms with Gasteiger partial charge in [-0.15, -0.1) is 5.10 Å². The van der Waals surface area contributed by atoms with Crippen LogP contribution in [0.3, 0.4) is 0 Å². The van der Waals surface area contributed by atoms with Crippen LogP contribution in [0.5, 0.6) is 11.6 Å². The molecule has 1 aromatic carbocycles. The highest BCUT2D eigenvalue weighted by molar-refractivity contribution is 6.09. The highest BCUT2D eigenvalue weighted by Gasteiger charge is 2.35. The SMILES string of the molecule is COc1ccc(C(=O)N(CC(C)(C)CCn2cc(CC(=O)NCCCN(CC(=O)O)CC(=O)O)nn2)c2cccc(C)n2)c(N2CCC(COc3cc([C@@H](CC(=O)O)C4CC4)ccn3)CC2)c1. The monoisotopic (exact) mass is 925 g/mol. The summed E-state index contributed by atoms with van der Waals surface area (Å²) in [6.45, 7) is 8.33. The molecule has 6 rings (SSSR count). The fraction of sp³-hybridized carbons (Fsp3) is 0.521. The van der Waals surface area contributed by atoms with E-state index in [2.05, 4.69) is 39.4 Å². The Morgan fingerprint density at radius 2 is 1.70 bits per heavy atom. The molecule has 0 radical (unpaired) electrons. The summed E-state index contributed by atoms with van der Waals surface area (Å²) >= 11 is 0. The predicted molar refractivity (Wildman–Crippen MR) is 247 cm³/mol. The second kappa shape index (κ2) is 23.2. The van der Waals surface area contributed by atoms with Crippen molar-refractivity contribution < 1.29 is 48.8 Å². The van der Waals surface area contributed by atoms with Crippen molar-refractivity contribution in [1.82, 2.24) is 35.2 Å². The van der Waals surface area contributed by atoms with Gasteiger partial charge in [0.2, 0.25) is 11.8 Å². The molecule has 3 aromatic heterocycles. The average Bonchev–Trinajstić information content (AvgIpc) is 4.04. The molecular weight excluding hydrogens is 863 g/mol. The normalized spacial score (nSPS) is 14.7. The second-order valence-electron chi connectivity index (χ2n) is 18.4. The molecule has 19 heteroatoms. The Bertz CT molecular complexity index is 2330. The van der Waals surface area contributed by atoms with Crippen molar-refractivity contribution >= 4 is 41.2 Å². The number of aliphatic carboxylic acids is 3. The molecule has 360 valence electrons. The Hall–Kier alpha value is -6.63. The molecular formula is C48H63N9O10. The third-order valence-electron chi connectivity index (χ3n) is 12.2. The second-order valence-corrected chi connectivity index (χ2v) is 18.4. The third kappa shape index (κ3) is 15.2. The number of hydrogen-bond acceptors (Lipinski definition) is 13. The van der Waals surface area contributed by atoms with E-state index in [1.165, 1.54) is 4.90 Å². The van der Waals surface area contributed by atoms with Gasteiger partial charge < -0.3 is 35.0 Å². The molecule has 19 nitrogen and oxygen atoms in total. The Labute approximate surface area is 390 Å². The Kier molecular flexibility index (Phi) is 17.2. The van der Waals surface area contributed by atoms with Crippen LogP contribution in [-0.2, 0) is 32.1 Å². The Morgan fingerprint density at radius 3 is 2.37 bits per heavy atom. The van der Waals surface area contributed by atoms with E-state index in [0.29, 0.717) is 80.3 Å². The summed E-state index contributed by atoms with van der Waals surface area (Å²) in [6.07, 6.45) is 8.20. The zero-order chi connectivity index (χ0) is 48.1. The van der Waals surface area contributed by atoms with Crippen molar-refractivity contribution in [2.75, 3.05) is 69.3 Å². The van der Waals surface area contributed by atoms with E-state index < -0.39 is 36.4 Å². The van der Waals surface area contributed by atoms with Gasteiger partial charge in [0.1, 0.15) is 11.6 Å². The van der Waals surface area contributed by atoms with Crippen molar-refractivity contribution in [1.29, 1.82) is 0 Å². The van der Waals surface area contributed by atoms with Crippen LogP contribution >= 0.6 is 0 Å². The van der Waals surface area contributed by atoms with Crippen molar-refractivity contribution in [2.45, 2.75) is 84.6 Å². The largest absolute Gasteiger partial charge is 0.497 e. The molecule has 0 spiro atoms. The number of benzene rings is 1. The summed E-state index contributed by atoms with van der Waals surface area (Å²) in [6, 6.07) is 14.9. The van der Waals surface area contributed by atoms with E-state index in [1.807, 2.05) is 49.4 Å². The lowest BCUT2D eigenvalue weighted by molar-refractivity contribution is -0.142. The van der Waals surface area contributed by atoms with Crippen LogP contribution in [0.25, 0.3) is 0 Å². The van der Waals surface area contributed by atoms with Crippen LogP contribution in [-0.4, -0.2) is 134 Å². The first kappa shape index (κ1) is 49.8. The fourth-order valence-corrected chi connectivity index (χ4v) is 8.49. The van der Waals surface area contributed by atoms with E-state index >= 15 is 0 Å². The minimum Gasteiger partial charge on any atom is -0.497 e. The van der Waals surface area contributed by atoms with Gasteiger partial charge in [0.05, 0.1) is 56.6 Å². The van der Waals surface area contributed by atoms with Crippen LogP contribution in [0.1, 0.15) is 92.0 Å². The lowest BCUT2D eigenvalue weighted by atomic mass is 9.88. The third-order valence-corrected chi connectivity index (χ3v) is 12.2. The number of piperidine rings is 1. The van der Waals surface area contributed by atoms with Gasteiger partial charge in [-0.1, -0.05) is 25.1 Å². The number of nitrogens with zero attached hydrogens (tertiary/aromatic N) is 8. The number of pyridine rings is 2. The van der Waals surface area contributed by atoms with Gasteiger partial charge in [0, 0.05) is 69.5 Å². The van der Waals surface area contributed by atoms with Gasteiger partial charge in [-0.3, -0.25) is 38.5 Å². The van der Waals surface area contributed by atoms with E-state index in [9.17, 15) is 29.1 Å². The number of carboxylic acids is 3. The van der Waals surface area contributed by atoms with Gasteiger partial charge in [0.25, 0.3) is 5.91 Å². The van der Waals surface area contributed by atoms with Gasteiger partial charge in [0.15, 0.2) is 0 Å². The maximum absolute atomic E-state index is 14.9. The van der Waals surface area contributed by atoms with Crippen LogP contribution in [0, 0.1) is 24.2 Å². The summed E-state index contributed by atoms with van der Waals surface area (Å²) in [7, 11) is 1.61. The molecule has 1 saturated heterocycles. The number of nitrogens with one attached hydrogen (secondary N) is 1. The van der Waals surface area contributed by atoms with Crippen LogP contribution in [0.2, 0.25) is 0 Å². The molecule has 4 heterocycles. The molecule has 67 heavy (non-hydrogen) atoms. The highest BCUT2D eigenvalue weighted by atomic mass is 16.5. The zero-order valence-corrected chi connectivity index (χ0v) is 38.8. The van der Waals surface area contributed by atoms with Gasteiger partial charge >= 0.3 is 17.9 Å². The Morgan fingerprint density at radius 1 is 0.955 bits per heavy atom. The number of amides is 2. The Balaban J connectivity index is 1.06. The molecule has 1 aliphatic carbocycles. The highest BCUT2D eigenvalue weighted by Crippen LogP contribution is 2.45. The smallest absolute Gasteiger partial charge is 0.317 e. The summed E-state index contributed by atoms with van der Waals surface area (Å²) in [5.41, 5.74) is 3.06. The fourth-order valence-electron chi connectivity index (χ4n) is 8.49. The summed E-state index contributed by atoms with van der Waals surface area (Å²) < 4.78 is 13.5. The van der Waals surface area contributed by atoms with Crippen LogP contribution < -0.4 is 24.6 Å². The molecule has 4 N–H and O–H groups in total. The van der Waals surface area contributed by atoms with E-state index in [-0.39, 0.29) is 49.6 Å². The maximum atomic E-state index is 14.9. The number of ether oxygens (including phenoxy) is 2. The lowest BCUT2D eigenvalue weighted by Gasteiger charge is -2.36. The van der Waals surface area contributed by atoms with Gasteiger partial charge in [-0.25, -0.2) is 9.97 Å². The lowest BCUT2D eigenvalue weighted by Crippen LogP contribution is -2.42. The summed E-state index contributed by atoms with van der Waals surface area (Å²) in [5.74, 6) is -1.26. The van der Waals surface area contributed by atoms with Crippen molar-refractivity contribution in [2.24, 2.45) is 17.3 Å². The minimum atomic E-state index is -1.13. The van der Waals surface area contributed by atoms with Crippen LogP contribution in [0.15, 0.2) is 60.9 Å². The first-order valence-corrected chi connectivity index (χ1v) is 22.9. The van der Waals surface area contributed by atoms with Gasteiger partial charge in [-0.05, 0) is 105 Å². The standard InChI is InChI=1S/C48H63N9O10/c1-32-7-5-8-41(51-32)57(31-48(2,3)16-22-56-27-36(52-53-56)24-42(58)49-17-6-19-54(28-45(61)62)29-46(63)64)47(65)38-12-11-37(66-4)25-40(38)55-20-14-33(15-21-55)30-67-43-23-35(13-18-50-43)39(26-44(59)60)34-9-10-34/h5,7-8,11-13,18,23,25,27,33-34,39H,6,9-10,14-17,19-22,24,26,28-31H2,1-4H3,(H,49,58)(H,59,60)(H,61,62)(H,63,64)/t39-/m0/s1. The quantitative estimate of drug-likeness (QED) is 0.0610. The van der Waals surface area contributed by atoms with Crippen LogP contribution in [0.4, 0.5) is 11.5 Å². The number of methoxy groups -OCH3 is 1. The zero-order valence-electron chi connectivity index (χ0n) is 38.8.